The molecule has 0 bridgehead atoms. The molecule has 28 heavy (non-hydrogen) atoms. The third-order valence-corrected chi connectivity index (χ3v) is 5.22. The second kappa shape index (κ2) is 7.04. The highest BCUT2D eigenvalue weighted by Gasteiger charge is 2.42. The predicted octanol–water partition coefficient (Wildman–Crippen LogP) is 2.28. The van der Waals surface area contributed by atoms with Crippen LogP contribution in [0, 0.1) is 5.82 Å². The number of hydrogen-bond donors (Lipinski definition) is 1. The van der Waals surface area contributed by atoms with E-state index in [2.05, 4.69) is 0 Å². The van der Waals surface area contributed by atoms with Crippen LogP contribution in [0.5, 0.6) is 0 Å². The van der Waals surface area contributed by atoms with Crippen molar-refractivity contribution in [3.63, 3.8) is 0 Å². The van der Waals surface area contributed by atoms with E-state index in [-0.39, 0.29) is 33.6 Å². The molecule has 1 aliphatic heterocycles. The molecule has 1 amide bonds. The lowest BCUT2D eigenvalue weighted by molar-refractivity contribution is -0.857. The Bertz CT molecular complexity index is 1120. The van der Waals surface area contributed by atoms with Crippen LogP contribution < -0.4 is 10.3 Å². The van der Waals surface area contributed by atoms with Gasteiger partial charge in [-0.25, -0.2) is 4.39 Å². The zero-order valence-electron chi connectivity index (χ0n) is 15.5. The summed E-state index contributed by atoms with van der Waals surface area (Å²) in [6.45, 7) is 1.15. The summed E-state index contributed by atoms with van der Waals surface area (Å²) in [5.41, 5.74) is 0.824. The second-order valence-corrected chi connectivity index (χ2v) is 7.66. The predicted molar refractivity (Wildman–Crippen MR) is 104 cm³/mol. The highest BCUT2D eigenvalue weighted by atomic mass is 35.5. The standard InChI is InChI=1S/C21H18ClFN2O3/c1-24(2)9-10-25-18(12-3-5-13(22)6-4-12)17-19(26)15-11-14(23)7-8-16(15)28-20(17)21(25)27/h3-8,11,18H,9-10H2,1-2H3/p+1/t18-/m1/s1. The summed E-state index contributed by atoms with van der Waals surface area (Å²) in [5, 5.41) is 0.691. The maximum atomic E-state index is 13.7. The van der Waals surface area contributed by atoms with Crippen LogP contribution in [0.2, 0.25) is 5.02 Å². The topological polar surface area (TPSA) is 55.0 Å². The molecule has 0 saturated heterocycles. The van der Waals surface area contributed by atoms with Crippen LogP contribution in [0.1, 0.15) is 27.7 Å². The van der Waals surface area contributed by atoms with Gasteiger partial charge in [-0.3, -0.25) is 9.59 Å². The Morgan fingerprint density at radius 1 is 1.14 bits per heavy atom. The van der Waals surface area contributed by atoms with Gasteiger partial charge in [0.25, 0.3) is 5.91 Å². The fourth-order valence-electron chi connectivity index (χ4n) is 3.56. The molecule has 0 fully saturated rings. The largest absolute Gasteiger partial charge is 0.450 e. The summed E-state index contributed by atoms with van der Waals surface area (Å²) in [7, 11) is 3.98. The Hall–Kier alpha value is -2.70. The summed E-state index contributed by atoms with van der Waals surface area (Å²) in [5.74, 6) is -0.836. The van der Waals surface area contributed by atoms with Gasteiger partial charge in [-0.05, 0) is 35.9 Å². The lowest BCUT2D eigenvalue weighted by atomic mass is 9.98. The molecule has 2 aromatic carbocycles. The van der Waals surface area contributed by atoms with E-state index in [1.54, 1.807) is 29.2 Å². The van der Waals surface area contributed by atoms with Gasteiger partial charge >= 0.3 is 0 Å². The SMILES string of the molecule is C[NH+](C)CCN1C(=O)c2oc3ccc(F)cc3c(=O)c2[C@H]1c1ccc(Cl)cc1. The highest BCUT2D eigenvalue weighted by molar-refractivity contribution is 6.30. The van der Waals surface area contributed by atoms with Crippen molar-refractivity contribution < 1.29 is 18.5 Å². The molecule has 1 aromatic heterocycles. The van der Waals surface area contributed by atoms with Crippen LogP contribution in [0.15, 0.2) is 51.7 Å². The first-order valence-corrected chi connectivity index (χ1v) is 9.36. The number of carbonyl (C=O) groups is 1. The molecule has 0 saturated carbocycles. The van der Waals surface area contributed by atoms with Crippen molar-refractivity contribution in [3.8, 4) is 0 Å². The number of nitrogens with one attached hydrogen (secondary N) is 1. The van der Waals surface area contributed by atoms with Gasteiger partial charge in [0, 0.05) is 5.02 Å². The van der Waals surface area contributed by atoms with Crippen molar-refractivity contribution in [2.45, 2.75) is 6.04 Å². The van der Waals surface area contributed by atoms with Crippen LogP contribution in [0.25, 0.3) is 11.0 Å². The van der Waals surface area contributed by atoms with Gasteiger partial charge in [-0.2, -0.15) is 0 Å². The number of likely N-dealkylation sites (N-methyl/N-ethyl adjacent to an activating group) is 1. The van der Waals surface area contributed by atoms with Gasteiger partial charge in [0.15, 0.2) is 5.43 Å². The molecular formula is C21H19ClFN2O3+. The summed E-state index contributed by atoms with van der Waals surface area (Å²) in [6, 6.07) is 10.2. The van der Waals surface area contributed by atoms with Gasteiger partial charge in [-0.1, -0.05) is 23.7 Å². The third-order valence-electron chi connectivity index (χ3n) is 4.97. The van der Waals surface area contributed by atoms with E-state index < -0.39 is 11.9 Å². The van der Waals surface area contributed by atoms with Gasteiger partial charge in [0.05, 0.1) is 44.2 Å². The molecule has 1 N–H and O–H groups in total. The zero-order chi connectivity index (χ0) is 20.0. The van der Waals surface area contributed by atoms with Crippen LogP contribution >= 0.6 is 11.6 Å². The monoisotopic (exact) mass is 401 g/mol. The number of amides is 1. The smallest absolute Gasteiger partial charge is 0.291 e. The van der Waals surface area contributed by atoms with Gasteiger partial charge in [0.2, 0.25) is 5.76 Å². The zero-order valence-corrected chi connectivity index (χ0v) is 16.2. The van der Waals surface area contributed by atoms with E-state index in [9.17, 15) is 14.0 Å². The van der Waals surface area contributed by atoms with E-state index in [1.165, 1.54) is 17.0 Å². The summed E-state index contributed by atoms with van der Waals surface area (Å²) in [4.78, 5) is 29.1. The quantitative estimate of drug-likeness (QED) is 0.729. The summed E-state index contributed by atoms with van der Waals surface area (Å²) >= 11 is 6.01. The lowest BCUT2D eigenvalue weighted by Gasteiger charge is -2.25. The first kappa shape index (κ1) is 18.7. The number of hydrogen-bond acceptors (Lipinski definition) is 3. The van der Waals surface area contributed by atoms with E-state index in [0.29, 0.717) is 18.1 Å². The van der Waals surface area contributed by atoms with E-state index in [4.69, 9.17) is 16.0 Å². The Morgan fingerprint density at radius 2 is 1.86 bits per heavy atom. The molecule has 1 atom stereocenters. The van der Waals surface area contributed by atoms with Crippen LogP contribution in [-0.4, -0.2) is 38.0 Å². The number of benzene rings is 2. The fraction of sp³-hybridized carbons (Fsp3) is 0.238. The molecule has 0 aliphatic carbocycles. The summed E-state index contributed by atoms with van der Waals surface area (Å²) in [6.07, 6.45) is 0. The average molecular weight is 402 g/mol. The molecule has 2 heterocycles. The Labute approximate surface area is 165 Å². The molecule has 0 spiro atoms. The molecule has 0 radical (unpaired) electrons. The number of nitrogens with zero attached hydrogens (tertiary/aromatic N) is 1. The molecule has 7 heteroatoms. The minimum atomic E-state index is -0.594. The number of halogens is 2. The van der Waals surface area contributed by atoms with E-state index in [0.717, 1.165) is 11.6 Å². The van der Waals surface area contributed by atoms with Crippen LogP contribution in [0.3, 0.4) is 0 Å². The second-order valence-electron chi connectivity index (χ2n) is 7.22. The minimum Gasteiger partial charge on any atom is -0.450 e. The van der Waals surface area contributed by atoms with E-state index >= 15 is 0 Å². The molecule has 5 nitrogen and oxygen atoms in total. The molecule has 144 valence electrons. The fourth-order valence-corrected chi connectivity index (χ4v) is 3.68. The highest BCUT2D eigenvalue weighted by Crippen LogP contribution is 2.38. The Balaban J connectivity index is 1.94. The first-order chi connectivity index (χ1) is 13.4. The molecule has 3 aromatic rings. The van der Waals surface area contributed by atoms with Gasteiger partial charge < -0.3 is 14.2 Å². The number of fused-ring (bicyclic) bond motifs is 2. The van der Waals surface area contributed by atoms with Crippen LogP contribution in [-0.2, 0) is 0 Å². The van der Waals surface area contributed by atoms with E-state index in [1.807, 2.05) is 14.1 Å². The number of carbonyl (C=O) groups excluding carboxylic acids is 1. The normalized spacial score (nSPS) is 16.2. The molecule has 1 aliphatic rings. The maximum absolute atomic E-state index is 13.7. The lowest BCUT2D eigenvalue weighted by Crippen LogP contribution is -3.06. The van der Waals surface area contributed by atoms with Crippen molar-refractivity contribution in [2.75, 3.05) is 27.2 Å². The minimum absolute atomic E-state index is 0.0258. The maximum Gasteiger partial charge on any atom is 0.291 e. The van der Waals surface area contributed by atoms with Crippen molar-refractivity contribution in [1.29, 1.82) is 0 Å². The van der Waals surface area contributed by atoms with Crippen molar-refractivity contribution in [3.05, 3.63) is 80.4 Å². The Kier molecular flexibility index (Phi) is 4.69. The average Bonchev–Trinajstić information content (AvgIpc) is 2.94. The third kappa shape index (κ3) is 3.08. The van der Waals surface area contributed by atoms with Crippen LogP contribution in [0.4, 0.5) is 4.39 Å². The van der Waals surface area contributed by atoms with Crippen molar-refractivity contribution in [1.82, 2.24) is 4.90 Å². The number of quaternary nitrogens is 1. The van der Waals surface area contributed by atoms with Gasteiger partial charge in [0.1, 0.15) is 11.4 Å². The first-order valence-electron chi connectivity index (χ1n) is 8.98. The van der Waals surface area contributed by atoms with Gasteiger partial charge in [-0.15, -0.1) is 0 Å². The summed E-state index contributed by atoms with van der Waals surface area (Å²) < 4.78 is 19.5. The van der Waals surface area contributed by atoms with Crippen molar-refractivity contribution in [2.24, 2.45) is 0 Å². The molecule has 4 rings (SSSR count). The van der Waals surface area contributed by atoms with Crippen molar-refractivity contribution >= 4 is 28.5 Å². The number of rotatable bonds is 4. The molecular weight excluding hydrogens is 383 g/mol. The Morgan fingerprint density at radius 3 is 2.54 bits per heavy atom. The molecule has 0 unspecified atom stereocenters.